The molecule has 0 saturated carbocycles. The Labute approximate surface area is 472 Å². The molecule has 15 rings (SSSR count). The molecule has 22 nitrogen and oxygen atoms in total. The third-order valence-electron chi connectivity index (χ3n) is 16.2. The predicted octanol–water partition coefficient (Wildman–Crippen LogP) is 11.5. The molecule has 416 valence electrons. The maximum atomic E-state index is 16.6. The van der Waals surface area contributed by atoms with Gasteiger partial charge in [0.25, 0.3) is 0 Å². The van der Waals surface area contributed by atoms with Crippen molar-refractivity contribution >= 4 is 90.6 Å². The van der Waals surface area contributed by atoms with E-state index in [0.29, 0.717) is 34.2 Å². The highest BCUT2D eigenvalue weighted by molar-refractivity contribution is 7.48. The molecule has 0 amide bonds. The van der Waals surface area contributed by atoms with Crippen LogP contribution in [-0.4, -0.2) is 91.8 Å². The zero-order valence-electron chi connectivity index (χ0n) is 46.8. The number of phosphoric ester groups is 1. The lowest BCUT2D eigenvalue weighted by atomic mass is 10.1. The molecule has 83 heavy (non-hydrogen) atoms. The van der Waals surface area contributed by atoms with Crippen LogP contribution in [0.1, 0.15) is 17.5 Å². The van der Waals surface area contributed by atoms with E-state index in [0.717, 1.165) is 117 Å². The minimum atomic E-state index is -4.79. The predicted molar refractivity (Wildman–Crippen MR) is 316 cm³/mol. The van der Waals surface area contributed by atoms with E-state index in [9.17, 15) is 0 Å². The first-order valence-electron chi connectivity index (χ1n) is 26.7. The van der Waals surface area contributed by atoms with Crippen molar-refractivity contribution < 1.29 is 32.3 Å². The number of hydrogen-bond acceptors (Lipinski definition) is 13. The zero-order chi connectivity index (χ0) is 56.7. The summed E-state index contributed by atoms with van der Waals surface area (Å²) in [5.41, 5.74) is 14.0. The molecule has 0 atom stereocenters. The second-order valence-corrected chi connectivity index (χ2v) is 22.5. The fourth-order valence-corrected chi connectivity index (χ4v) is 13.1. The highest BCUT2D eigenvalue weighted by atomic mass is 31.2. The van der Waals surface area contributed by atoms with E-state index in [4.69, 9.17) is 42.7 Å². The average molecular weight is 1130 g/mol. The summed E-state index contributed by atoms with van der Waals surface area (Å²) in [4.78, 5) is 29.0. The molecule has 0 bridgehead atoms. The van der Waals surface area contributed by atoms with Crippen LogP contribution in [0.5, 0.6) is 17.2 Å². The van der Waals surface area contributed by atoms with E-state index in [-0.39, 0.29) is 20.2 Å². The molecule has 0 spiro atoms. The molecule has 0 fully saturated rings. The van der Waals surface area contributed by atoms with Gasteiger partial charge in [0.05, 0.1) is 109 Å². The van der Waals surface area contributed by atoms with Crippen LogP contribution in [0.3, 0.4) is 0 Å². The van der Waals surface area contributed by atoms with Gasteiger partial charge >= 0.3 is 7.82 Å². The summed E-state index contributed by atoms with van der Waals surface area (Å²) in [6.07, 6.45) is 16.8. The normalized spacial score (nSPS) is 12.5. The van der Waals surface area contributed by atoms with E-state index >= 15 is 4.57 Å². The molecule has 0 N–H and O–H groups in total. The number of benzene rings is 3. The highest BCUT2D eigenvalue weighted by Gasteiger charge is 2.33. The van der Waals surface area contributed by atoms with Crippen molar-refractivity contribution in [2.75, 3.05) is 21.3 Å². The monoisotopic (exact) mass is 1130 g/mol. The fourth-order valence-electron chi connectivity index (χ4n) is 12.1. The Hall–Kier alpha value is -9.73. The van der Waals surface area contributed by atoms with Gasteiger partial charge in [0.2, 0.25) is 0 Å². The van der Waals surface area contributed by atoms with Crippen LogP contribution in [-0.2, 0) is 59.5 Å². The number of aromatic nitrogens is 15. The van der Waals surface area contributed by atoms with Gasteiger partial charge in [-0.15, -0.1) is 0 Å². The van der Waals surface area contributed by atoms with Crippen molar-refractivity contribution in [3.05, 3.63) is 146 Å². The van der Waals surface area contributed by atoms with Crippen molar-refractivity contribution in [2.24, 2.45) is 21.1 Å². The summed E-state index contributed by atoms with van der Waals surface area (Å²) in [5.74, 6) is 4.37. The Morgan fingerprint density at radius 3 is 0.976 bits per heavy atom. The maximum absolute atomic E-state index is 16.6. The molecule has 0 unspecified atom stereocenters. The van der Waals surface area contributed by atoms with E-state index < -0.39 is 7.82 Å². The average Bonchev–Trinajstić information content (AvgIpc) is 4.32. The van der Waals surface area contributed by atoms with Crippen molar-refractivity contribution in [3.63, 3.8) is 0 Å². The Kier molecular flexibility index (Phi) is 11.3. The topological polar surface area (TPSA) is 193 Å². The molecule has 0 radical (unpaired) electrons. The number of ether oxygens (including phenoxy) is 3. The zero-order valence-corrected chi connectivity index (χ0v) is 47.7. The molecule has 0 aliphatic rings. The van der Waals surface area contributed by atoms with Crippen LogP contribution in [0.25, 0.3) is 117 Å². The molecular formula is C60H54N15O7P. The number of rotatable bonds is 15. The Bertz CT molecular complexity index is 4710. The van der Waals surface area contributed by atoms with Gasteiger partial charge in [-0.2, -0.15) is 0 Å². The molecule has 12 heterocycles. The highest BCUT2D eigenvalue weighted by Crippen LogP contribution is 2.53. The third-order valence-corrected chi connectivity index (χ3v) is 17.5. The van der Waals surface area contributed by atoms with Crippen LogP contribution in [0.15, 0.2) is 129 Å². The second kappa shape index (κ2) is 18.7. The van der Waals surface area contributed by atoms with Gasteiger partial charge in [0.15, 0.2) is 16.9 Å². The lowest BCUT2D eigenvalue weighted by Gasteiger charge is -2.21. The lowest BCUT2D eigenvalue weighted by molar-refractivity contribution is 0.0574. The molecule has 0 aliphatic heterocycles. The minimum Gasteiger partial charge on any atom is -0.497 e. The van der Waals surface area contributed by atoms with Gasteiger partial charge in [-0.05, 0) is 93.6 Å². The first kappa shape index (κ1) is 50.2. The quantitative estimate of drug-likeness (QED) is 0.0881. The van der Waals surface area contributed by atoms with Crippen molar-refractivity contribution in [1.82, 2.24) is 70.5 Å². The lowest BCUT2D eigenvalue weighted by Crippen LogP contribution is -2.12. The SMILES string of the molecule is COc1ccc2c(c1)c(-c1cc3c(ncc4cnc(C)n43)n1COP(=O)(OCn1c(-c3cn(C)c4ccc(OC)cc34)cc3c1ncc1cnc(C)n13)OCn1c(-c3cn(C)c4ccc(OC)cc34)cc3c1ncc1cnc(C)n13)cn2C. The van der Waals surface area contributed by atoms with Gasteiger partial charge in [0, 0.05) is 89.1 Å². The summed E-state index contributed by atoms with van der Waals surface area (Å²) in [5, 5.41) is 2.77. The number of hydrogen-bond donors (Lipinski definition) is 0. The van der Waals surface area contributed by atoms with Crippen molar-refractivity contribution in [1.29, 1.82) is 0 Å². The molecular weight excluding hydrogens is 1070 g/mol. The van der Waals surface area contributed by atoms with Gasteiger partial charge in [0.1, 0.15) is 54.9 Å². The number of methoxy groups -OCH3 is 3. The van der Waals surface area contributed by atoms with Gasteiger partial charge in [-0.3, -0.25) is 40.5 Å². The molecule has 0 saturated heterocycles. The van der Waals surface area contributed by atoms with Gasteiger partial charge < -0.3 is 27.9 Å². The number of fused-ring (bicyclic) bond motifs is 12. The summed E-state index contributed by atoms with van der Waals surface area (Å²) < 4.78 is 72.3. The van der Waals surface area contributed by atoms with Crippen molar-refractivity contribution in [2.45, 2.75) is 41.0 Å². The summed E-state index contributed by atoms with van der Waals surface area (Å²) in [6, 6.07) is 24.1. The van der Waals surface area contributed by atoms with Gasteiger partial charge in [-0.1, -0.05) is 0 Å². The molecule has 23 heteroatoms. The number of imidazole rings is 3. The van der Waals surface area contributed by atoms with Crippen LogP contribution >= 0.6 is 7.82 Å². The van der Waals surface area contributed by atoms with E-state index in [1.165, 1.54) is 0 Å². The van der Waals surface area contributed by atoms with Crippen molar-refractivity contribution in [3.8, 4) is 51.0 Å². The van der Waals surface area contributed by atoms with Crippen LogP contribution < -0.4 is 14.2 Å². The number of aryl methyl sites for hydroxylation is 6. The first-order chi connectivity index (χ1) is 40.3. The second-order valence-electron chi connectivity index (χ2n) is 20.8. The molecule has 15 aromatic rings. The Balaban J connectivity index is 0.912. The molecule has 3 aromatic carbocycles. The summed E-state index contributed by atoms with van der Waals surface area (Å²) in [7, 11) is 6.15. The van der Waals surface area contributed by atoms with E-state index in [1.54, 1.807) is 58.5 Å². The number of phosphoric acid groups is 1. The first-order valence-corrected chi connectivity index (χ1v) is 28.2. The summed E-state index contributed by atoms with van der Waals surface area (Å²) >= 11 is 0. The fraction of sp³-hybridized carbons (Fsp3) is 0.200. The minimum absolute atomic E-state index is 0.340. The summed E-state index contributed by atoms with van der Waals surface area (Å²) in [6.45, 7) is 4.82. The third kappa shape index (κ3) is 7.70. The smallest absolute Gasteiger partial charge is 0.480 e. The largest absolute Gasteiger partial charge is 0.497 e. The number of nitrogens with zero attached hydrogens (tertiary/aromatic N) is 15. The van der Waals surface area contributed by atoms with Gasteiger partial charge in [-0.25, -0.2) is 34.5 Å². The maximum Gasteiger partial charge on any atom is 0.480 e. The molecule has 12 aromatic heterocycles. The Morgan fingerprint density at radius 2 is 0.687 bits per heavy atom. The van der Waals surface area contributed by atoms with E-state index in [2.05, 4.69) is 65.4 Å². The van der Waals surface area contributed by atoms with Crippen LogP contribution in [0.2, 0.25) is 0 Å². The van der Waals surface area contributed by atoms with Crippen LogP contribution in [0, 0.1) is 20.8 Å². The standard InChI is InChI=1S/C60H54N15O7P/c1-34-61-22-37-25-64-58-55(73(34)37)19-52(46-28-67(4)49-13-10-40(77-7)16-43(46)49)70(58)31-80-83(76,81-32-71-53(20-56-59(71)65-26-38-23-62-35(2)74(38)56)47-29-68(5)50-14-11-41(78-8)17-44(47)50)82-33-72-54(21-57-60(72)66-27-39-24-63-36(3)75(39)57)48-30-69(6)51-15-12-42(79-9)18-45(48)51/h10-30H,31-33H2,1-9H3. The van der Waals surface area contributed by atoms with Crippen LogP contribution in [0.4, 0.5) is 0 Å². The van der Waals surface area contributed by atoms with E-state index in [1.807, 2.05) is 123 Å². The molecule has 0 aliphatic carbocycles. The Morgan fingerprint density at radius 1 is 0.398 bits per heavy atom.